The van der Waals surface area contributed by atoms with Gasteiger partial charge in [-0.25, -0.2) is 27.1 Å². The number of nitrogens with zero attached hydrogens (tertiary/aromatic N) is 3. The summed E-state index contributed by atoms with van der Waals surface area (Å²) in [5.41, 5.74) is 2.23. The first-order chi connectivity index (χ1) is 20.8. The minimum absolute atomic E-state index is 0.00120. The van der Waals surface area contributed by atoms with Crippen molar-refractivity contribution in [1.29, 1.82) is 0 Å². The third kappa shape index (κ3) is 6.90. The van der Waals surface area contributed by atoms with Crippen LogP contribution in [0.3, 0.4) is 0 Å². The first kappa shape index (κ1) is 29.1. The molecular formula is C30H27FN6O5S. The number of carbonyl (C=O) groups excluding carboxylic acids is 1. The first-order valence-corrected chi connectivity index (χ1v) is 14.1. The number of methoxy groups -OCH3 is 2. The standard InChI is InChI=1S/C30H27FN6O5S/c1-41-22-15-20(16-23(17-22)42-2)34-29-30(36-27-13-6-5-12-26(27)35-29)37(43(39)40)21-9-7-8-19(14-21)33-28(38)18-32-25-11-4-3-10-24(25)31/h3-17,32,43H,18H2,1-2H3,(H,33,38)(H,34,35). The van der Waals surface area contributed by atoms with Crippen LogP contribution < -0.4 is 29.7 Å². The largest absolute Gasteiger partial charge is 0.497 e. The Morgan fingerprint density at radius 2 is 1.51 bits per heavy atom. The number of hydrogen-bond acceptors (Lipinski definition) is 9. The van der Waals surface area contributed by atoms with Gasteiger partial charge in [-0.05, 0) is 42.5 Å². The molecule has 11 nitrogen and oxygen atoms in total. The molecule has 43 heavy (non-hydrogen) atoms. The zero-order chi connectivity index (χ0) is 30.3. The average molecular weight is 603 g/mol. The van der Waals surface area contributed by atoms with Crippen LogP contribution in [0.1, 0.15) is 0 Å². The molecule has 13 heteroatoms. The number of ether oxygens (including phenoxy) is 2. The number of benzene rings is 4. The summed E-state index contributed by atoms with van der Waals surface area (Å²) < 4.78 is 51.2. The van der Waals surface area contributed by atoms with Crippen molar-refractivity contribution in [3.8, 4) is 11.5 Å². The van der Waals surface area contributed by atoms with E-state index in [-0.39, 0.29) is 29.6 Å². The fourth-order valence-electron chi connectivity index (χ4n) is 4.23. The molecule has 0 bridgehead atoms. The monoisotopic (exact) mass is 602 g/mol. The zero-order valence-electron chi connectivity index (χ0n) is 23.1. The van der Waals surface area contributed by atoms with E-state index in [1.165, 1.54) is 32.4 Å². The van der Waals surface area contributed by atoms with E-state index in [1.54, 1.807) is 72.8 Å². The smallest absolute Gasteiger partial charge is 0.243 e. The molecule has 0 unspecified atom stereocenters. The molecule has 1 amide bonds. The highest BCUT2D eigenvalue weighted by molar-refractivity contribution is 7.74. The van der Waals surface area contributed by atoms with E-state index >= 15 is 0 Å². The average Bonchev–Trinajstić information content (AvgIpc) is 3.00. The number of halogens is 1. The van der Waals surface area contributed by atoms with E-state index in [0.717, 1.165) is 4.31 Å². The number of rotatable bonds is 11. The normalized spacial score (nSPS) is 10.8. The van der Waals surface area contributed by atoms with E-state index in [1.807, 2.05) is 0 Å². The van der Waals surface area contributed by atoms with Crippen LogP contribution in [0, 0.1) is 5.82 Å². The molecule has 0 aliphatic carbocycles. The van der Waals surface area contributed by atoms with Gasteiger partial charge in [0.05, 0.1) is 43.2 Å². The van der Waals surface area contributed by atoms with Gasteiger partial charge in [0, 0.05) is 29.6 Å². The third-order valence-electron chi connectivity index (χ3n) is 6.22. The molecule has 0 fully saturated rings. The van der Waals surface area contributed by atoms with Gasteiger partial charge in [-0.3, -0.25) is 4.79 Å². The van der Waals surface area contributed by atoms with Crippen molar-refractivity contribution in [2.75, 3.05) is 41.0 Å². The first-order valence-electron chi connectivity index (χ1n) is 12.9. The summed E-state index contributed by atoms with van der Waals surface area (Å²) in [7, 11) is -0.241. The predicted octanol–water partition coefficient (Wildman–Crippen LogP) is 5.24. The van der Waals surface area contributed by atoms with E-state index in [0.29, 0.717) is 33.9 Å². The van der Waals surface area contributed by atoms with Gasteiger partial charge in [0.1, 0.15) is 17.3 Å². The summed E-state index contributed by atoms with van der Waals surface area (Å²) in [6, 6.07) is 24.4. The maximum absolute atomic E-state index is 13.9. The van der Waals surface area contributed by atoms with E-state index in [4.69, 9.17) is 9.47 Å². The van der Waals surface area contributed by atoms with Crippen molar-refractivity contribution in [2.24, 2.45) is 0 Å². The number of carbonyl (C=O) groups is 1. The molecule has 5 aromatic rings. The lowest BCUT2D eigenvalue weighted by molar-refractivity contribution is -0.114. The maximum atomic E-state index is 13.9. The summed E-state index contributed by atoms with van der Waals surface area (Å²) in [6.07, 6.45) is 0. The van der Waals surface area contributed by atoms with Crippen LogP contribution in [0.4, 0.5) is 38.8 Å². The molecule has 3 N–H and O–H groups in total. The number of para-hydroxylation sites is 3. The van der Waals surface area contributed by atoms with Gasteiger partial charge in [0.15, 0.2) is 11.6 Å². The number of hydrogen-bond donors (Lipinski definition) is 4. The summed E-state index contributed by atoms with van der Waals surface area (Å²) in [6.45, 7) is -0.209. The van der Waals surface area contributed by atoms with Crippen molar-refractivity contribution < 1.29 is 27.1 Å². The van der Waals surface area contributed by atoms with Crippen molar-refractivity contribution in [3.63, 3.8) is 0 Å². The summed E-state index contributed by atoms with van der Waals surface area (Å²) in [4.78, 5) is 21.9. The van der Waals surface area contributed by atoms with Crippen LogP contribution in [0.2, 0.25) is 0 Å². The molecule has 0 aliphatic rings. The second-order valence-corrected chi connectivity index (χ2v) is 9.97. The number of nitrogens with one attached hydrogen (secondary N) is 3. The second kappa shape index (κ2) is 13.0. The Morgan fingerprint density at radius 3 is 2.19 bits per heavy atom. The van der Waals surface area contributed by atoms with Gasteiger partial charge in [-0.1, -0.05) is 30.3 Å². The lowest BCUT2D eigenvalue weighted by Crippen LogP contribution is -2.22. The highest BCUT2D eigenvalue weighted by atomic mass is 32.2. The zero-order valence-corrected chi connectivity index (χ0v) is 24.0. The lowest BCUT2D eigenvalue weighted by Gasteiger charge is -2.21. The van der Waals surface area contributed by atoms with Crippen molar-refractivity contribution in [3.05, 3.63) is 96.8 Å². The van der Waals surface area contributed by atoms with E-state index in [9.17, 15) is 17.6 Å². The molecule has 0 spiro atoms. The third-order valence-corrected chi connectivity index (χ3v) is 6.96. The minimum Gasteiger partial charge on any atom is -0.497 e. The van der Waals surface area contributed by atoms with Crippen LogP contribution in [-0.2, 0) is 15.7 Å². The molecule has 1 aromatic heterocycles. The van der Waals surface area contributed by atoms with E-state index < -0.39 is 22.6 Å². The van der Waals surface area contributed by atoms with Crippen LogP contribution in [0.5, 0.6) is 11.5 Å². The summed E-state index contributed by atoms with van der Waals surface area (Å²) in [5, 5.41) is 8.59. The predicted molar refractivity (Wildman–Crippen MR) is 165 cm³/mol. The Morgan fingerprint density at radius 1 is 0.837 bits per heavy atom. The topological polar surface area (TPSA) is 135 Å². The molecule has 0 aliphatic heterocycles. The lowest BCUT2D eigenvalue weighted by atomic mass is 10.2. The van der Waals surface area contributed by atoms with Gasteiger partial charge in [-0.15, -0.1) is 0 Å². The number of fused-ring (bicyclic) bond motifs is 1. The quantitative estimate of drug-likeness (QED) is 0.150. The molecule has 0 atom stereocenters. The fraction of sp³-hybridized carbons (Fsp3) is 0.100. The van der Waals surface area contributed by atoms with Crippen LogP contribution in [-0.4, -0.2) is 45.1 Å². The molecule has 0 radical (unpaired) electrons. The Labute approximate surface area is 248 Å². The SMILES string of the molecule is COc1cc(Nc2nc3ccccc3nc2N(c2cccc(NC(=O)CNc3ccccc3F)c2)[SH](=O)=O)cc(OC)c1. The molecule has 0 saturated heterocycles. The molecule has 4 aromatic carbocycles. The number of amides is 1. The van der Waals surface area contributed by atoms with Gasteiger partial charge >= 0.3 is 0 Å². The van der Waals surface area contributed by atoms with Crippen LogP contribution >= 0.6 is 0 Å². The molecule has 220 valence electrons. The van der Waals surface area contributed by atoms with Crippen LogP contribution in [0.15, 0.2) is 91.0 Å². The molecule has 1 heterocycles. The summed E-state index contributed by atoms with van der Waals surface area (Å²) in [5.74, 6) is 0.227. The van der Waals surface area contributed by atoms with Crippen molar-refractivity contribution in [1.82, 2.24) is 9.97 Å². The highest BCUT2D eigenvalue weighted by Gasteiger charge is 2.21. The fourth-order valence-corrected chi connectivity index (χ4v) is 4.84. The number of aromatic nitrogens is 2. The number of thiol groups is 1. The Hall–Kier alpha value is -5.43. The van der Waals surface area contributed by atoms with E-state index in [2.05, 4.69) is 25.9 Å². The van der Waals surface area contributed by atoms with Crippen LogP contribution in [0.25, 0.3) is 11.0 Å². The minimum atomic E-state index is -3.28. The Bertz CT molecular complexity index is 1840. The van der Waals surface area contributed by atoms with Gasteiger partial charge in [-0.2, -0.15) is 0 Å². The Kier molecular flexibility index (Phi) is 8.82. The molecule has 0 saturated carbocycles. The molecule has 5 rings (SSSR count). The maximum Gasteiger partial charge on any atom is 0.243 e. The van der Waals surface area contributed by atoms with Gasteiger partial charge in [0.2, 0.25) is 16.8 Å². The summed E-state index contributed by atoms with van der Waals surface area (Å²) >= 11 is 0. The van der Waals surface area contributed by atoms with Crippen molar-refractivity contribution >= 4 is 62.2 Å². The van der Waals surface area contributed by atoms with Gasteiger partial charge < -0.3 is 25.4 Å². The highest BCUT2D eigenvalue weighted by Crippen LogP contribution is 2.35. The Balaban J connectivity index is 1.48. The van der Waals surface area contributed by atoms with Gasteiger partial charge in [0.25, 0.3) is 0 Å². The van der Waals surface area contributed by atoms with Crippen molar-refractivity contribution in [2.45, 2.75) is 0 Å². The number of anilines is 6. The molecular weight excluding hydrogens is 575 g/mol. The second-order valence-electron chi connectivity index (χ2n) is 9.09.